The predicted molar refractivity (Wildman–Crippen MR) is 76.1 cm³/mol. The number of benzene rings is 1. The predicted octanol–water partition coefficient (Wildman–Crippen LogP) is 4.84. The van der Waals surface area contributed by atoms with Gasteiger partial charge in [0.2, 0.25) is 0 Å². The average molecular weight is 367 g/mol. The number of pyridine rings is 1. The summed E-state index contributed by atoms with van der Waals surface area (Å²) in [7, 11) is 0. The summed E-state index contributed by atoms with van der Waals surface area (Å²) in [5, 5.41) is 2.66. The SMILES string of the molecule is Nc1cncc(Br)c1Nc1ccc(Cl)cc1C(F)(F)F. The van der Waals surface area contributed by atoms with Gasteiger partial charge < -0.3 is 11.1 Å². The topological polar surface area (TPSA) is 50.9 Å². The molecule has 0 amide bonds. The van der Waals surface area contributed by atoms with Crippen molar-refractivity contribution in [2.45, 2.75) is 6.18 Å². The molecule has 1 aromatic heterocycles. The molecule has 0 aliphatic carbocycles. The summed E-state index contributed by atoms with van der Waals surface area (Å²) >= 11 is 8.80. The van der Waals surface area contributed by atoms with Crippen molar-refractivity contribution in [3.63, 3.8) is 0 Å². The van der Waals surface area contributed by atoms with Crippen LogP contribution in [-0.2, 0) is 6.18 Å². The van der Waals surface area contributed by atoms with Crippen LogP contribution < -0.4 is 11.1 Å². The minimum atomic E-state index is -4.53. The lowest BCUT2D eigenvalue weighted by molar-refractivity contribution is -0.136. The minimum absolute atomic E-state index is 0.00430. The van der Waals surface area contributed by atoms with Gasteiger partial charge in [-0.2, -0.15) is 13.2 Å². The average Bonchev–Trinajstić information content (AvgIpc) is 2.34. The second kappa shape index (κ2) is 5.49. The number of nitrogens with one attached hydrogen (secondary N) is 1. The number of hydrogen-bond donors (Lipinski definition) is 2. The molecule has 3 nitrogen and oxygen atoms in total. The van der Waals surface area contributed by atoms with Crippen molar-refractivity contribution in [2.75, 3.05) is 11.1 Å². The number of nitrogens with zero attached hydrogens (tertiary/aromatic N) is 1. The Morgan fingerprint density at radius 3 is 2.55 bits per heavy atom. The van der Waals surface area contributed by atoms with Crippen molar-refractivity contribution in [2.24, 2.45) is 0 Å². The molecule has 0 fully saturated rings. The lowest BCUT2D eigenvalue weighted by Crippen LogP contribution is -2.09. The number of nitrogens with two attached hydrogens (primary N) is 1. The van der Waals surface area contributed by atoms with Crippen molar-refractivity contribution >= 4 is 44.6 Å². The smallest absolute Gasteiger partial charge is 0.396 e. The highest BCUT2D eigenvalue weighted by Gasteiger charge is 2.34. The first kappa shape index (κ1) is 14.9. The third-order valence-electron chi connectivity index (χ3n) is 2.48. The van der Waals surface area contributed by atoms with Gasteiger partial charge in [0.25, 0.3) is 0 Å². The van der Waals surface area contributed by atoms with Crippen LogP contribution in [0.1, 0.15) is 5.56 Å². The van der Waals surface area contributed by atoms with Crippen LogP contribution in [0.2, 0.25) is 5.02 Å². The van der Waals surface area contributed by atoms with Gasteiger partial charge in [-0.1, -0.05) is 11.6 Å². The fourth-order valence-electron chi connectivity index (χ4n) is 1.58. The van der Waals surface area contributed by atoms with Crippen molar-refractivity contribution in [1.29, 1.82) is 0 Å². The quantitative estimate of drug-likeness (QED) is 0.799. The molecule has 8 heteroatoms. The largest absolute Gasteiger partial charge is 0.418 e. The molecule has 0 saturated carbocycles. The molecule has 2 rings (SSSR count). The fourth-order valence-corrected chi connectivity index (χ4v) is 2.19. The van der Waals surface area contributed by atoms with Crippen molar-refractivity contribution < 1.29 is 13.2 Å². The minimum Gasteiger partial charge on any atom is -0.396 e. The van der Waals surface area contributed by atoms with E-state index in [0.29, 0.717) is 10.2 Å². The first-order valence-corrected chi connectivity index (χ1v) is 6.49. The van der Waals surface area contributed by atoms with Crippen LogP contribution >= 0.6 is 27.5 Å². The Bertz CT molecular complexity index is 626. The van der Waals surface area contributed by atoms with E-state index in [1.807, 2.05) is 0 Å². The molecule has 0 aliphatic rings. The number of aromatic nitrogens is 1. The monoisotopic (exact) mass is 365 g/mol. The van der Waals surface area contributed by atoms with Crippen LogP contribution in [0.25, 0.3) is 0 Å². The van der Waals surface area contributed by atoms with Crippen LogP contribution in [0.4, 0.5) is 30.2 Å². The summed E-state index contributed by atoms with van der Waals surface area (Å²) in [5.74, 6) is 0. The molecule has 0 atom stereocenters. The Balaban J connectivity index is 2.49. The van der Waals surface area contributed by atoms with E-state index in [9.17, 15) is 13.2 Å². The summed E-state index contributed by atoms with van der Waals surface area (Å²) in [4.78, 5) is 3.82. The van der Waals surface area contributed by atoms with E-state index >= 15 is 0 Å². The Labute approximate surface area is 126 Å². The van der Waals surface area contributed by atoms with Crippen molar-refractivity contribution in [1.82, 2.24) is 4.98 Å². The molecule has 0 bridgehead atoms. The number of anilines is 3. The Hall–Kier alpha value is -1.47. The fraction of sp³-hybridized carbons (Fsp3) is 0.0833. The van der Waals surface area contributed by atoms with Crippen LogP contribution in [0, 0.1) is 0 Å². The van der Waals surface area contributed by atoms with Gasteiger partial charge in [0, 0.05) is 11.2 Å². The number of hydrogen-bond acceptors (Lipinski definition) is 3. The van der Waals surface area contributed by atoms with Gasteiger partial charge in [-0.05, 0) is 34.1 Å². The molecule has 20 heavy (non-hydrogen) atoms. The maximum atomic E-state index is 13.0. The zero-order valence-electron chi connectivity index (χ0n) is 9.80. The van der Waals surface area contributed by atoms with Crippen LogP contribution in [0.15, 0.2) is 35.1 Å². The van der Waals surface area contributed by atoms with E-state index in [0.717, 1.165) is 6.07 Å². The van der Waals surface area contributed by atoms with E-state index in [1.165, 1.54) is 24.5 Å². The number of alkyl halides is 3. The summed E-state index contributed by atoms with van der Waals surface area (Å²) in [6, 6.07) is 3.47. The van der Waals surface area contributed by atoms with Gasteiger partial charge in [0.05, 0.1) is 33.3 Å². The van der Waals surface area contributed by atoms with E-state index in [2.05, 4.69) is 26.2 Å². The summed E-state index contributed by atoms with van der Waals surface area (Å²) in [6.07, 6.45) is -1.75. The number of rotatable bonds is 2. The summed E-state index contributed by atoms with van der Waals surface area (Å²) in [6.45, 7) is 0. The Kier molecular flexibility index (Phi) is 4.10. The first-order chi connectivity index (χ1) is 9.29. The molecule has 106 valence electrons. The third-order valence-corrected chi connectivity index (χ3v) is 3.31. The highest BCUT2D eigenvalue weighted by Crippen LogP contribution is 2.39. The zero-order chi connectivity index (χ0) is 14.9. The lowest BCUT2D eigenvalue weighted by Gasteiger charge is -2.16. The van der Waals surface area contributed by atoms with Gasteiger partial charge in [0.1, 0.15) is 0 Å². The van der Waals surface area contributed by atoms with E-state index in [1.54, 1.807) is 0 Å². The number of nitrogen functional groups attached to an aromatic ring is 1. The number of halogens is 5. The standard InChI is InChI=1S/C12H8BrClF3N3/c13-8-4-19-5-9(18)11(8)20-10-2-1-6(14)3-7(10)12(15,16)17/h1-5H,18H2,(H,19,20). The molecular weight excluding hydrogens is 359 g/mol. The Morgan fingerprint density at radius 1 is 1.25 bits per heavy atom. The van der Waals surface area contributed by atoms with Gasteiger partial charge in [-0.25, -0.2) is 0 Å². The highest BCUT2D eigenvalue weighted by molar-refractivity contribution is 9.10. The highest BCUT2D eigenvalue weighted by atomic mass is 79.9. The van der Waals surface area contributed by atoms with E-state index in [4.69, 9.17) is 17.3 Å². The molecule has 0 aliphatic heterocycles. The molecule has 1 aromatic carbocycles. The summed E-state index contributed by atoms with van der Waals surface area (Å²) in [5.41, 5.74) is 5.23. The van der Waals surface area contributed by atoms with E-state index < -0.39 is 11.7 Å². The van der Waals surface area contributed by atoms with Gasteiger partial charge in [-0.3, -0.25) is 4.98 Å². The normalized spacial score (nSPS) is 11.4. The lowest BCUT2D eigenvalue weighted by atomic mass is 10.1. The molecule has 1 heterocycles. The molecule has 2 aromatic rings. The first-order valence-electron chi connectivity index (χ1n) is 5.32. The molecule has 0 unspecified atom stereocenters. The maximum Gasteiger partial charge on any atom is 0.418 e. The second-order valence-corrected chi connectivity index (χ2v) is 5.19. The molecular formula is C12H8BrClF3N3. The summed E-state index contributed by atoms with van der Waals surface area (Å²) < 4.78 is 39.4. The van der Waals surface area contributed by atoms with Crippen LogP contribution in [-0.4, -0.2) is 4.98 Å². The zero-order valence-corrected chi connectivity index (χ0v) is 12.1. The van der Waals surface area contributed by atoms with Gasteiger partial charge >= 0.3 is 6.18 Å². The molecule has 0 saturated heterocycles. The second-order valence-electron chi connectivity index (χ2n) is 3.90. The molecule has 0 radical (unpaired) electrons. The van der Waals surface area contributed by atoms with Crippen LogP contribution in [0.5, 0.6) is 0 Å². The van der Waals surface area contributed by atoms with Crippen LogP contribution in [0.3, 0.4) is 0 Å². The van der Waals surface area contributed by atoms with Crippen molar-refractivity contribution in [3.8, 4) is 0 Å². The molecule has 3 N–H and O–H groups in total. The van der Waals surface area contributed by atoms with E-state index in [-0.39, 0.29) is 16.4 Å². The third kappa shape index (κ3) is 3.16. The van der Waals surface area contributed by atoms with Gasteiger partial charge in [-0.15, -0.1) is 0 Å². The Morgan fingerprint density at radius 2 is 1.95 bits per heavy atom. The molecule has 0 spiro atoms. The van der Waals surface area contributed by atoms with Gasteiger partial charge in [0.15, 0.2) is 0 Å². The maximum absolute atomic E-state index is 13.0. The van der Waals surface area contributed by atoms with Crippen molar-refractivity contribution in [3.05, 3.63) is 45.7 Å².